The number of rotatable bonds is 2. The van der Waals surface area contributed by atoms with Crippen molar-refractivity contribution in [2.45, 2.75) is 19.6 Å². The molecule has 0 bridgehead atoms. The fourth-order valence-electron chi connectivity index (χ4n) is 1.99. The quantitative estimate of drug-likeness (QED) is 0.718. The lowest BCUT2D eigenvalue weighted by Gasteiger charge is -2.24. The average Bonchev–Trinajstić information content (AvgIpc) is 2.99. The van der Waals surface area contributed by atoms with Crippen LogP contribution in [0.25, 0.3) is 0 Å². The van der Waals surface area contributed by atoms with Gasteiger partial charge in [-0.3, -0.25) is 9.69 Å². The minimum absolute atomic E-state index is 0.282. The SMILES string of the molecule is COC(=O)OC1C(OC)=C(C)C(=O)N1C1=NNCC1. The van der Waals surface area contributed by atoms with Gasteiger partial charge in [-0.1, -0.05) is 0 Å². The molecule has 2 rings (SSSR count). The number of methoxy groups -OCH3 is 2. The number of hydrazone groups is 1. The molecule has 0 fully saturated rings. The van der Waals surface area contributed by atoms with E-state index in [1.165, 1.54) is 19.1 Å². The second kappa shape index (κ2) is 5.17. The third kappa shape index (κ3) is 2.20. The molecule has 0 spiro atoms. The normalized spacial score (nSPS) is 22.3. The zero-order valence-electron chi connectivity index (χ0n) is 10.9. The summed E-state index contributed by atoms with van der Waals surface area (Å²) >= 11 is 0. The summed E-state index contributed by atoms with van der Waals surface area (Å²) in [6.07, 6.45) is -1.29. The van der Waals surface area contributed by atoms with Gasteiger partial charge in [-0.2, -0.15) is 5.10 Å². The first-order chi connectivity index (χ1) is 9.10. The molecule has 0 saturated carbocycles. The first-order valence-corrected chi connectivity index (χ1v) is 5.72. The van der Waals surface area contributed by atoms with Crippen LogP contribution in [0.1, 0.15) is 13.3 Å². The Hall–Kier alpha value is -2.25. The number of amidine groups is 1. The second-order valence-corrected chi connectivity index (χ2v) is 3.98. The summed E-state index contributed by atoms with van der Waals surface area (Å²) in [5.41, 5.74) is 3.15. The molecule has 2 aliphatic heterocycles. The van der Waals surface area contributed by atoms with Crippen LogP contribution in [0.15, 0.2) is 16.4 Å². The Morgan fingerprint density at radius 1 is 1.47 bits per heavy atom. The molecule has 1 unspecified atom stereocenters. The van der Waals surface area contributed by atoms with E-state index in [1.54, 1.807) is 6.92 Å². The minimum atomic E-state index is -0.969. The van der Waals surface area contributed by atoms with E-state index in [-0.39, 0.29) is 11.7 Å². The molecule has 0 aromatic carbocycles. The molecule has 0 radical (unpaired) electrons. The Bertz CT molecular complexity index is 471. The summed E-state index contributed by atoms with van der Waals surface area (Å²) in [5.74, 6) is 0.489. The topological polar surface area (TPSA) is 89.5 Å². The summed E-state index contributed by atoms with van der Waals surface area (Å²) < 4.78 is 14.7. The maximum absolute atomic E-state index is 12.2. The number of amides is 1. The van der Waals surface area contributed by atoms with Crippen molar-refractivity contribution in [2.24, 2.45) is 5.10 Å². The molecule has 8 heteroatoms. The van der Waals surface area contributed by atoms with Crippen LogP contribution >= 0.6 is 0 Å². The highest BCUT2D eigenvalue weighted by Gasteiger charge is 2.44. The zero-order chi connectivity index (χ0) is 14.0. The number of hydrogen-bond acceptors (Lipinski definition) is 7. The van der Waals surface area contributed by atoms with Crippen molar-refractivity contribution in [3.8, 4) is 0 Å². The Kier molecular flexibility index (Phi) is 3.59. The number of nitrogens with zero attached hydrogens (tertiary/aromatic N) is 2. The number of carbonyl (C=O) groups is 2. The van der Waals surface area contributed by atoms with Gasteiger partial charge in [0.15, 0.2) is 5.76 Å². The number of carbonyl (C=O) groups excluding carboxylic acids is 2. The van der Waals surface area contributed by atoms with E-state index >= 15 is 0 Å². The molecular weight excluding hydrogens is 254 g/mol. The molecule has 0 aromatic heterocycles. The van der Waals surface area contributed by atoms with Crippen molar-refractivity contribution < 1.29 is 23.8 Å². The van der Waals surface area contributed by atoms with Crippen molar-refractivity contribution in [3.63, 3.8) is 0 Å². The van der Waals surface area contributed by atoms with Crippen LogP contribution in [0.3, 0.4) is 0 Å². The van der Waals surface area contributed by atoms with E-state index in [9.17, 15) is 9.59 Å². The maximum atomic E-state index is 12.2. The fourth-order valence-corrected chi connectivity index (χ4v) is 1.99. The van der Waals surface area contributed by atoms with Gasteiger partial charge in [0.1, 0.15) is 5.84 Å². The molecule has 1 N–H and O–H groups in total. The van der Waals surface area contributed by atoms with Crippen LogP contribution in [0, 0.1) is 0 Å². The third-order valence-electron chi connectivity index (χ3n) is 2.91. The molecule has 1 atom stereocenters. The van der Waals surface area contributed by atoms with Gasteiger partial charge in [0.25, 0.3) is 5.91 Å². The standard InChI is InChI=1S/C11H15N3O5/c1-6-8(17-2)10(19-11(16)18-3)14(9(6)15)7-4-5-12-13-7/h10,12H,4-5H2,1-3H3. The highest BCUT2D eigenvalue weighted by atomic mass is 16.7. The molecular formula is C11H15N3O5. The van der Waals surface area contributed by atoms with Gasteiger partial charge in [0.2, 0.25) is 6.23 Å². The summed E-state index contributed by atoms with van der Waals surface area (Å²) in [6, 6.07) is 0. The highest BCUT2D eigenvalue weighted by molar-refractivity contribution is 6.09. The van der Waals surface area contributed by atoms with Crippen LogP contribution in [0.4, 0.5) is 4.79 Å². The van der Waals surface area contributed by atoms with Crippen molar-refractivity contribution in [1.29, 1.82) is 0 Å². The van der Waals surface area contributed by atoms with Gasteiger partial charge < -0.3 is 19.6 Å². The van der Waals surface area contributed by atoms with Crippen LogP contribution in [-0.2, 0) is 19.0 Å². The smallest absolute Gasteiger partial charge is 0.495 e. The van der Waals surface area contributed by atoms with E-state index in [2.05, 4.69) is 15.3 Å². The summed E-state index contributed by atoms with van der Waals surface area (Å²) in [5, 5.41) is 4.01. The number of hydrogen-bond donors (Lipinski definition) is 1. The Balaban J connectivity index is 2.30. The Morgan fingerprint density at radius 3 is 2.74 bits per heavy atom. The molecule has 2 aliphatic rings. The predicted octanol–water partition coefficient (Wildman–Crippen LogP) is 0.165. The van der Waals surface area contributed by atoms with Crippen LogP contribution in [0.5, 0.6) is 0 Å². The molecule has 19 heavy (non-hydrogen) atoms. The maximum Gasteiger partial charge on any atom is 0.510 e. The summed E-state index contributed by atoms with van der Waals surface area (Å²) in [4.78, 5) is 24.8. The lowest BCUT2D eigenvalue weighted by atomic mass is 10.3. The molecule has 0 aliphatic carbocycles. The number of nitrogens with one attached hydrogen (secondary N) is 1. The van der Waals surface area contributed by atoms with E-state index in [1.807, 2.05) is 0 Å². The molecule has 0 aromatic rings. The van der Waals surface area contributed by atoms with Gasteiger partial charge in [0.05, 0.1) is 19.8 Å². The van der Waals surface area contributed by atoms with Gasteiger partial charge in [-0.05, 0) is 6.92 Å². The Labute approximate surface area is 110 Å². The second-order valence-electron chi connectivity index (χ2n) is 3.98. The van der Waals surface area contributed by atoms with Crippen LogP contribution in [0.2, 0.25) is 0 Å². The van der Waals surface area contributed by atoms with E-state index < -0.39 is 12.4 Å². The summed E-state index contributed by atoms with van der Waals surface area (Å²) in [7, 11) is 2.61. The molecule has 0 saturated heterocycles. The predicted molar refractivity (Wildman–Crippen MR) is 63.9 cm³/mol. The van der Waals surface area contributed by atoms with Crippen molar-refractivity contribution in [1.82, 2.24) is 10.3 Å². The highest BCUT2D eigenvalue weighted by Crippen LogP contribution is 2.29. The average molecular weight is 269 g/mol. The largest absolute Gasteiger partial charge is 0.510 e. The van der Waals surface area contributed by atoms with Gasteiger partial charge in [-0.15, -0.1) is 0 Å². The fraction of sp³-hybridized carbons (Fsp3) is 0.545. The lowest BCUT2D eigenvalue weighted by molar-refractivity contribution is -0.127. The zero-order valence-corrected chi connectivity index (χ0v) is 10.9. The van der Waals surface area contributed by atoms with Gasteiger partial charge in [-0.25, -0.2) is 4.79 Å². The first-order valence-electron chi connectivity index (χ1n) is 5.72. The van der Waals surface area contributed by atoms with Crippen molar-refractivity contribution >= 4 is 17.9 Å². The molecule has 104 valence electrons. The van der Waals surface area contributed by atoms with Gasteiger partial charge in [0, 0.05) is 13.0 Å². The van der Waals surface area contributed by atoms with E-state index in [4.69, 9.17) is 9.47 Å². The van der Waals surface area contributed by atoms with Crippen molar-refractivity contribution in [2.75, 3.05) is 20.8 Å². The molecule has 2 heterocycles. The minimum Gasteiger partial charge on any atom is -0.495 e. The molecule has 1 amide bonds. The van der Waals surface area contributed by atoms with E-state index in [0.29, 0.717) is 24.4 Å². The van der Waals surface area contributed by atoms with Crippen molar-refractivity contribution in [3.05, 3.63) is 11.3 Å². The molecule has 8 nitrogen and oxygen atoms in total. The van der Waals surface area contributed by atoms with Crippen LogP contribution < -0.4 is 5.43 Å². The first kappa shape index (κ1) is 13.2. The lowest BCUT2D eigenvalue weighted by Crippen LogP contribution is -2.43. The summed E-state index contributed by atoms with van der Waals surface area (Å²) in [6.45, 7) is 2.24. The third-order valence-corrected chi connectivity index (χ3v) is 2.91. The van der Waals surface area contributed by atoms with Crippen LogP contribution in [-0.4, -0.2) is 49.8 Å². The van der Waals surface area contributed by atoms with Gasteiger partial charge >= 0.3 is 6.16 Å². The van der Waals surface area contributed by atoms with E-state index in [0.717, 1.165) is 0 Å². The Morgan fingerprint density at radius 2 is 2.21 bits per heavy atom. The number of ether oxygens (including phenoxy) is 3. The monoisotopic (exact) mass is 269 g/mol.